The van der Waals surface area contributed by atoms with Crippen LogP contribution in [-0.2, 0) is 44.6 Å². The quantitative estimate of drug-likeness (QED) is 0.0922. The van der Waals surface area contributed by atoms with Gasteiger partial charge in [-0.1, -0.05) is 153 Å². The summed E-state index contributed by atoms with van der Waals surface area (Å²) in [6, 6.07) is 63.3. The van der Waals surface area contributed by atoms with Gasteiger partial charge in [-0.2, -0.15) is 3.89 Å². The monoisotopic (exact) mass is 1560 g/mol. The standard InChI is InChI=1S/C22H20FN3O.C22H24FN3O.C22H23FN2O.C22H22FNO2.CH3FS.CN.K.H2/c1-24-18-12-22(13-18)14-25-21(27-22)26-11-10-15-4-2-3-5-19(15)20(26)16-6-8-17(23)9-7-16;23-18-7-5-17(6-8-18)20-19-4-2-1-3-16(19)9-10-26(20)21-25-14-22(27-21)11-15(12-22)13-24;1-15-12-22(13-15)14-24-21(26-22)25-11-10-16-4-2-3-5-19(16)20(25)17-6-8-18(23)9-7-17;23-16-8-5-15(6-9-16)20-18-4-2-1-3-14(18)7-10-19(20)21-24-13-22(26-21)11-17(25)12-22;1-3-2;1-2;;/h2-9,18,20H,10-14H2;1-8,15,20H,9-14,24H2;2-9,15,20H,10-14H2,1H3;1-6,8-9,17,19-20,25H,7,10-13H2;1H3;;;1H/q;;;;;-1;+1;/t18?,20-,22?;2*15?,20-,22?;17?,19?,20-,22?;;;;/m0000..../s1. The minimum atomic E-state index is -0.283. The molecule has 3 N–H and O–H groups in total. The summed E-state index contributed by atoms with van der Waals surface area (Å²) in [6.45, 7) is 20.2. The van der Waals surface area contributed by atoms with Crippen molar-refractivity contribution in [2.75, 3.05) is 58.6 Å². The number of aliphatic hydroxyl groups excluding tert-OH is 1. The van der Waals surface area contributed by atoms with Crippen LogP contribution in [0, 0.1) is 59.4 Å². The topological polar surface area (TPSA) is 170 Å². The summed E-state index contributed by atoms with van der Waals surface area (Å²) < 4.78 is 89.5. The van der Waals surface area contributed by atoms with Crippen molar-refractivity contribution in [3.05, 3.63) is 302 Å². The van der Waals surface area contributed by atoms with Crippen LogP contribution in [0.15, 0.2) is 214 Å². The first-order valence-electron chi connectivity index (χ1n) is 38.7. The second-order valence-corrected chi connectivity index (χ2v) is 32.0. The van der Waals surface area contributed by atoms with E-state index >= 15 is 0 Å². The van der Waals surface area contributed by atoms with E-state index in [1.165, 1.54) is 99.3 Å². The van der Waals surface area contributed by atoms with E-state index in [0.717, 1.165) is 149 Å². The first-order chi connectivity index (χ1) is 54.0. The van der Waals surface area contributed by atoms with Gasteiger partial charge in [0.1, 0.15) is 45.7 Å². The number of hydrogen-bond donors (Lipinski definition) is 2. The van der Waals surface area contributed by atoms with Gasteiger partial charge in [-0.25, -0.2) is 39.1 Å². The van der Waals surface area contributed by atoms with E-state index in [2.05, 4.69) is 117 Å². The molecule has 12 aliphatic rings. The molecule has 7 heterocycles. The van der Waals surface area contributed by atoms with Crippen LogP contribution in [0.2, 0.25) is 0 Å². The molecule has 1 unspecified atom stereocenters. The number of aryl methyl sites for hydroxylation is 1. The molecule has 0 aromatic heterocycles. The number of amidine groups is 3. The van der Waals surface area contributed by atoms with Gasteiger partial charge in [0, 0.05) is 64.1 Å². The van der Waals surface area contributed by atoms with Gasteiger partial charge in [0.25, 0.3) is 18.1 Å². The van der Waals surface area contributed by atoms with Crippen molar-refractivity contribution >= 4 is 36.1 Å². The fourth-order valence-electron chi connectivity index (χ4n) is 18.9. The van der Waals surface area contributed by atoms with Gasteiger partial charge in [-0.05, 0) is 191 Å². The zero-order chi connectivity index (χ0) is 77.0. The number of hydrogen-bond acceptors (Lipinski definition) is 15. The van der Waals surface area contributed by atoms with Crippen LogP contribution in [0.25, 0.3) is 4.85 Å². The molecule has 576 valence electrons. The van der Waals surface area contributed by atoms with Crippen LogP contribution in [0.1, 0.15) is 157 Å². The van der Waals surface area contributed by atoms with E-state index in [0.29, 0.717) is 44.4 Å². The van der Waals surface area contributed by atoms with Gasteiger partial charge in [0.2, 0.25) is 6.04 Å². The number of aliphatic hydroxyl groups is 1. The summed E-state index contributed by atoms with van der Waals surface area (Å²) in [5.41, 5.74) is 19.6. The predicted octanol–water partition coefficient (Wildman–Crippen LogP) is 14.0. The molecule has 8 aromatic carbocycles. The maximum Gasteiger partial charge on any atom is 1.00 e. The van der Waals surface area contributed by atoms with Crippen LogP contribution < -0.4 is 57.1 Å². The van der Waals surface area contributed by atoms with Crippen LogP contribution in [0.5, 0.6) is 0 Å². The maximum absolute atomic E-state index is 13.5. The average Bonchev–Trinajstić information content (AvgIpc) is 1.60. The number of benzene rings is 8. The first kappa shape index (κ1) is 80.2. The summed E-state index contributed by atoms with van der Waals surface area (Å²) in [4.78, 5) is 29.4. The van der Waals surface area contributed by atoms with Crippen molar-refractivity contribution in [1.29, 1.82) is 5.26 Å². The SMILES string of the molecule is CC1CC2(CN=C(N3CCc4ccccc4[C@@H]3c3ccc(F)cc3)O2)C1.CSF.NCC1CC2(CN=C(N3CCc4ccccc4[C@@H]3c3ccc(F)cc3)O2)C1.OC1CC2(CN=C(C3CCc4ccccc4[C@@H]3c3ccc(F)cc3)O2)C1.[C-]#N.[C-]#[N+]C1CC2(CN=C(N3CCc4ccccc4[C@@H]3c3ccc(F)cc3)O2)C1.[HH].[K+]. The third-order valence-electron chi connectivity index (χ3n) is 24.2. The second-order valence-electron chi connectivity index (χ2n) is 31.7. The fourth-order valence-corrected chi connectivity index (χ4v) is 18.9. The molecule has 15 nitrogen and oxygen atoms in total. The Morgan fingerprint density at radius 1 is 0.482 bits per heavy atom. The molecule has 112 heavy (non-hydrogen) atoms. The first-order valence-corrected chi connectivity index (χ1v) is 39.8. The molecule has 7 aliphatic heterocycles. The minimum Gasteiger partial charge on any atom is -0.512 e. The third kappa shape index (κ3) is 16.8. The molecule has 0 amide bonds. The van der Waals surface area contributed by atoms with Gasteiger partial charge in [-0.15, -0.1) is 0 Å². The summed E-state index contributed by atoms with van der Waals surface area (Å²) in [5.74, 6) is 1.50. The van der Waals surface area contributed by atoms with Crippen molar-refractivity contribution in [2.24, 2.45) is 43.5 Å². The number of nitrogens with two attached hydrogens (primary N) is 1. The molecule has 5 atom stereocenters. The number of aliphatic imine (C=N–C) groups is 4. The van der Waals surface area contributed by atoms with E-state index in [9.17, 15) is 26.6 Å². The Balaban J connectivity index is 0.000000128. The van der Waals surface area contributed by atoms with E-state index < -0.39 is 0 Å². The molecule has 4 spiro atoms. The van der Waals surface area contributed by atoms with Gasteiger partial charge in [0.05, 0.1) is 63.3 Å². The molecule has 0 radical (unpaired) electrons. The average molecular weight is 1560 g/mol. The largest absolute Gasteiger partial charge is 1.00 e. The summed E-state index contributed by atoms with van der Waals surface area (Å²) in [6.07, 6.45) is 12.9. The van der Waals surface area contributed by atoms with Crippen molar-refractivity contribution < 1.29 is 98.3 Å². The summed E-state index contributed by atoms with van der Waals surface area (Å²) in [5, 5.41) is 15.9. The van der Waals surface area contributed by atoms with Crippen molar-refractivity contribution in [3.8, 4) is 0 Å². The Morgan fingerprint density at radius 2 is 0.812 bits per heavy atom. The molecule has 4 fully saturated rings. The smallest absolute Gasteiger partial charge is 0.512 e. The van der Waals surface area contributed by atoms with Gasteiger partial charge < -0.3 is 61.2 Å². The number of fused-ring (bicyclic) bond motifs is 4. The molecule has 4 saturated carbocycles. The molecule has 8 aromatic rings. The Labute approximate surface area is 701 Å². The van der Waals surface area contributed by atoms with Crippen LogP contribution in [-0.4, -0.2) is 137 Å². The zero-order valence-corrected chi connectivity index (χ0v) is 67.4. The number of ether oxygens (including phenoxy) is 4. The Kier molecular flexibility index (Phi) is 24.9. The number of nitrogens with zero attached hydrogens (tertiary/aromatic N) is 9. The van der Waals surface area contributed by atoms with Gasteiger partial charge >= 0.3 is 51.4 Å². The molecule has 5 aliphatic carbocycles. The Morgan fingerprint density at radius 3 is 1.18 bits per heavy atom. The summed E-state index contributed by atoms with van der Waals surface area (Å²) >= 11 is 0.250. The number of rotatable bonds is 6. The van der Waals surface area contributed by atoms with Gasteiger partial charge in [0.15, 0.2) is 5.90 Å². The molecule has 0 saturated heterocycles. The predicted molar refractivity (Wildman–Crippen MR) is 423 cm³/mol. The molecule has 20 rings (SSSR count). The van der Waals surface area contributed by atoms with Crippen LogP contribution >= 0.6 is 12.1 Å². The normalized spacial score (nSPS) is 28.6. The second kappa shape index (κ2) is 34.7. The Hall–Kier alpha value is -8.42. The summed E-state index contributed by atoms with van der Waals surface area (Å²) in [7, 11) is 0. The Bertz CT molecular complexity index is 4670. The zero-order valence-electron chi connectivity index (χ0n) is 63.5. The molecular formula is C90H94F5KN10O5S. The van der Waals surface area contributed by atoms with Crippen molar-refractivity contribution in [3.63, 3.8) is 0 Å². The molecular weight excluding hydrogens is 1470 g/mol. The van der Waals surface area contributed by atoms with Crippen LogP contribution in [0.4, 0.5) is 21.4 Å². The van der Waals surface area contributed by atoms with E-state index in [4.69, 9.17) is 63.1 Å². The van der Waals surface area contributed by atoms with E-state index in [1.807, 2.05) is 54.6 Å². The van der Waals surface area contributed by atoms with Crippen LogP contribution in [0.3, 0.4) is 0 Å². The molecule has 0 bridgehead atoms. The van der Waals surface area contributed by atoms with Gasteiger partial charge in [-0.3, -0.25) is 4.99 Å². The van der Waals surface area contributed by atoms with Crippen molar-refractivity contribution in [1.82, 2.24) is 14.7 Å². The third-order valence-corrected chi connectivity index (χ3v) is 24.2. The molecule has 22 heteroatoms. The minimum absolute atomic E-state index is 0. The maximum atomic E-state index is 13.5. The van der Waals surface area contributed by atoms with E-state index in [-0.39, 0.29) is 153 Å². The van der Waals surface area contributed by atoms with Crippen molar-refractivity contribution in [2.45, 2.75) is 149 Å². The fraction of sp³-hybridized carbons (Fsp3) is 0.400. The number of halogens is 5. The van der Waals surface area contributed by atoms with E-state index in [1.54, 1.807) is 0 Å².